The van der Waals surface area contributed by atoms with E-state index >= 15 is 0 Å². The second kappa shape index (κ2) is 7.77. The SMILES string of the molecule is C=CC(=O)OC(C)(OC(=O)C(=C)OC)C(CO)(CO)CO. The van der Waals surface area contributed by atoms with Gasteiger partial charge in [0.2, 0.25) is 0 Å². The number of hydrogen-bond donors (Lipinski definition) is 3. The molecule has 0 bridgehead atoms. The minimum Gasteiger partial charge on any atom is -0.490 e. The lowest BCUT2D eigenvalue weighted by molar-refractivity contribution is -0.281. The first-order chi connectivity index (χ1) is 9.75. The van der Waals surface area contributed by atoms with Crippen molar-refractivity contribution >= 4 is 11.9 Å². The summed E-state index contributed by atoms with van der Waals surface area (Å²) in [7, 11) is 1.17. The Labute approximate surface area is 122 Å². The molecule has 8 nitrogen and oxygen atoms in total. The molecule has 0 aliphatic rings. The van der Waals surface area contributed by atoms with Crippen molar-refractivity contribution in [2.75, 3.05) is 26.9 Å². The molecule has 0 aliphatic heterocycles. The van der Waals surface area contributed by atoms with Gasteiger partial charge >= 0.3 is 11.9 Å². The summed E-state index contributed by atoms with van der Waals surface area (Å²) in [4.78, 5) is 23.2. The highest BCUT2D eigenvalue weighted by molar-refractivity contribution is 5.86. The summed E-state index contributed by atoms with van der Waals surface area (Å²) in [6.07, 6.45) is 0.800. The molecule has 0 aromatic rings. The van der Waals surface area contributed by atoms with Crippen molar-refractivity contribution in [3.63, 3.8) is 0 Å². The van der Waals surface area contributed by atoms with Crippen LogP contribution in [-0.4, -0.2) is 60.0 Å². The number of aliphatic hydroxyl groups is 3. The van der Waals surface area contributed by atoms with Crippen LogP contribution in [0.3, 0.4) is 0 Å². The van der Waals surface area contributed by atoms with Crippen LogP contribution in [0, 0.1) is 5.41 Å². The molecule has 0 saturated carbocycles. The molecule has 0 rings (SSSR count). The largest absolute Gasteiger partial charge is 0.490 e. The summed E-state index contributed by atoms with van der Waals surface area (Å²) in [5, 5.41) is 28.3. The molecule has 0 aliphatic carbocycles. The number of methoxy groups -OCH3 is 1. The molecule has 21 heavy (non-hydrogen) atoms. The van der Waals surface area contributed by atoms with Gasteiger partial charge in [0.05, 0.1) is 26.9 Å². The third-order valence-corrected chi connectivity index (χ3v) is 3.09. The van der Waals surface area contributed by atoms with Gasteiger partial charge in [0.25, 0.3) is 5.79 Å². The van der Waals surface area contributed by atoms with Crippen LogP contribution in [0.5, 0.6) is 0 Å². The van der Waals surface area contributed by atoms with Gasteiger partial charge in [0, 0.05) is 13.0 Å². The number of ether oxygens (including phenoxy) is 3. The first-order valence-electron chi connectivity index (χ1n) is 5.90. The van der Waals surface area contributed by atoms with Crippen molar-refractivity contribution in [3.8, 4) is 0 Å². The molecule has 0 radical (unpaired) electrons. The average molecular weight is 304 g/mol. The van der Waals surface area contributed by atoms with Crippen molar-refractivity contribution in [2.45, 2.75) is 12.7 Å². The molecular weight excluding hydrogens is 284 g/mol. The number of carbonyl (C=O) groups excluding carboxylic acids is 2. The van der Waals surface area contributed by atoms with Crippen LogP contribution in [-0.2, 0) is 23.8 Å². The van der Waals surface area contributed by atoms with E-state index in [1.807, 2.05) is 0 Å². The fourth-order valence-corrected chi connectivity index (χ4v) is 1.37. The molecule has 1 atom stereocenters. The smallest absolute Gasteiger partial charge is 0.376 e. The first-order valence-corrected chi connectivity index (χ1v) is 5.90. The van der Waals surface area contributed by atoms with Gasteiger partial charge in [-0.15, -0.1) is 0 Å². The summed E-state index contributed by atoms with van der Waals surface area (Å²) in [5.41, 5.74) is -1.84. The lowest BCUT2D eigenvalue weighted by Gasteiger charge is -2.42. The van der Waals surface area contributed by atoms with E-state index in [-0.39, 0.29) is 0 Å². The van der Waals surface area contributed by atoms with E-state index in [2.05, 4.69) is 17.9 Å². The molecule has 0 heterocycles. The quantitative estimate of drug-likeness (QED) is 0.217. The van der Waals surface area contributed by atoms with Crippen molar-refractivity contribution in [2.24, 2.45) is 5.41 Å². The third-order valence-electron chi connectivity index (χ3n) is 3.09. The minimum atomic E-state index is -2.17. The van der Waals surface area contributed by atoms with E-state index < -0.39 is 48.7 Å². The molecule has 120 valence electrons. The Morgan fingerprint density at radius 1 is 1.14 bits per heavy atom. The minimum absolute atomic E-state index is 0.390. The van der Waals surface area contributed by atoms with Crippen molar-refractivity contribution < 1.29 is 39.1 Å². The molecule has 0 aromatic carbocycles. The number of hydrogen-bond acceptors (Lipinski definition) is 8. The van der Waals surface area contributed by atoms with Gasteiger partial charge in [-0.2, -0.15) is 0 Å². The van der Waals surface area contributed by atoms with Gasteiger partial charge in [-0.25, -0.2) is 9.59 Å². The maximum absolute atomic E-state index is 11.7. The normalized spacial score (nSPS) is 13.8. The van der Waals surface area contributed by atoms with E-state index in [1.54, 1.807) is 0 Å². The Bertz CT molecular complexity index is 404. The van der Waals surface area contributed by atoms with Gasteiger partial charge < -0.3 is 29.5 Å². The monoisotopic (exact) mass is 304 g/mol. The van der Waals surface area contributed by atoms with Crippen LogP contribution in [0.4, 0.5) is 0 Å². The average Bonchev–Trinajstić information content (AvgIpc) is 2.48. The number of aliphatic hydroxyl groups excluding tert-OH is 3. The van der Waals surface area contributed by atoms with E-state index in [4.69, 9.17) is 9.47 Å². The first kappa shape index (κ1) is 19.1. The number of esters is 2. The van der Waals surface area contributed by atoms with Crippen molar-refractivity contribution in [1.82, 2.24) is 0 Å². The highest BCUT2D eigenvalue weighted by atomic mass is 16.7. The predicted molar refractivity (Wildman–Crippen MR) is 70.6 cm³/mol. The van der Waals surface area contributed by atoms with Crippen LogP contribution in [0.15, 0.2) is 25.0 Å². The van der Waals surface area contributed by atoms with E-state index in [0.29, 0.717) is 0 Å². The second-order valence-electron chi connectivity index (χ2n) is 4.34. The third kappa shape index (κ3) is 4.03. The molecular formula is C13H20O8. The Morgan fingerprint density at radius 3 is 1.95 bits per heavy atom. The lowest BCUT2D eigenvalue weighted by atomic mass is 9.82. The predicted octanol–water partition coefficient (Wildman–Crippen LogP) is -0.902. The van der Waals surface area contributed by atoms with Gasteiger partial charge in [0.15, 0.2) is 5.76 Å². The van der Waals surface area contributed by atoms with Gasteiger partial charge in [-0.3, -0.25) is 0 Å². The molecule has 3 N–H and O–H groups in total. The summed E-state index contributed by atoms with van der Waals surface area (Å²) < 4.78 is 14.5. The zero-order chi connectivity index (χ0) is 16.7. The zero-order valence-corrected chi connectivity index (χ0v) is 12.0. The second-order valence-corrected chi connectivity index (χ2v) is 4.34. The Kier molecular flexibility index (Phi) is 7.07. The van der Waals surface area contributed by atoms with Gasteiger partial charge in [-0.05, 0) is 6.58 Å². The molecule has 0 aromatic heterocycles. The maximum Gasteiger partial charge on any atom is 0.376 e. The Morgan fingerprint density at radius 2 is 1.62 bits per heavy atom. The Balaban J connectivity index is 5.65. The molecule has 0 amide bonds. The highest BCUT2D eigenvalue weighted by Gasteiger charge is 2.54. The van der Waals surface area contributed by atoms with Crippen LogP contribution in [0.25, 0.3) is 0 Å². The topological polar surface area (TPSA) is 123 Å². The number of carbonyl (C=O) groups is 2. The Hall–Kier alpha value is -1.90. The molecule has 8 heteroatoms. The van der Waals surface area contributed by atoms with Crippen molar-refractivity contribution in [3.05, 3.63) is 25.0 Å². The van der Waals surface area contributed by atoms with E-state index in [9.17, 15) is 24.9 Å². The summed E-state index contributed by atoms with van der Waals surface area (Å²) in [6, 6.07) is 0. The van der Waals surface area contributed by atoms with Crippen LogP contribution >= 0.6 is 0 Å². The summed E-state index contributed by atoms with van der Waals surface area (Å²) in [6.45, 7) is 5.09. The zero-order valence-electron chi connectivity index (χ0n) is 12.0. The molecule has 1 unspecified atom stereocenters. The number of rotatable bonds is 9. The highest BCUT2D eigenvalue weighted by Crippen LogP contribution is 2.36. The van der Waals surface area contributed by atoms with Crippen LogP contribution in [0.2, 0.25) is 0 Å². The molecule has 0 fully saturated rings. The lowest BCUT2D eigenvalue weighted by Crippen LogP contribution is -2.58. The summed E-state index contributed by atoms with van der Waals surface area (Å²) in [5.74, 6) is -4.63. The molecule has 0 spiro atoms. The summed E-state index contributed by atoms with van der Waals surface area (Å²) >= 11 is 0. The van der Waals surface area contributed by atoms with Crippen LogP contribution < -0.4 is 0 Å². The van der Waals surface area contributed by atoms with E-state index in [1.165, 1.54) is 7.11 Å². The molecule has 0 saturated heterocycles. The fourth-order valence-electron chi connectivity index (χ4n) is 1.37. The fraction of sp³-hybridized carbons (Fsp3) is 0.538. The standard InChI is InChI=1S/C13H20O8/c1-5-10(17)20-12(3,13(6-14,7-15)8-16)21-11(18)9(2)19-4/h5,14-16H,1-2,6-8H2,3-4H3. The maximum atomic E-state index is 11.7. The van der Waals surface area contributed by atoms with Crippen LogP contribution in [0.1, 0.15) is 6.92 Å². The van der Waals surface area contributed by atoms with E-state index in [0.717, 1.165) is 13.0 Å². The van der Waals surface area contributed by atoms with Gasteiger partial charge in [-0.1, -0.05) is 6.58 Å². The van der Waals surface area contributed by atoms with Gasteiger partial charge in [0.1, 0.15) is 5.41 Å². The van der Waals surface area contributed by atoms with Crippen molar-refractivity contribution in [1.29, 1.82) is 0 Å².